The van der Waals surface area contributed by atoms with E-state index >= 15 is 0 Å². The SMILES string of the molecule is CNC(CN(C)CC1CCC1)(C(=O)OC)C1CC1. The molecule has 0 aliphatic heterocycles. The number of carbonyl (C=O) groups excluding carboxylic acids is 1. The Morgan fingerprint density at radius 2 is 2.06 bits per heavy atom. The van der Waals surface area contributed by atoms with Gasteiger partial charge in [0.25, 0.3) is 0 Å². The fourth-order valence-electron chi connectivity index (χ4n) is 3.11. The van der Waals surface area contributed by atoms with Crippen LogP contribution in [0.15, 0.2) is 0 Å². The van der Waals surface area contributed by atoms with Gasteiger partial charge in [-0.1, -0.05) is 6.42 Å². The van der Waals surface area contributed by atoms with Crippen molar-refractivity contribution in [2.24, 2.45) is 11.8 Å². The minimum Gasteiger partial charge on any atom is -0.468 e. The third kappa shape index (κ3) is 2.69. The van der Waals surface area contributed by atoms with Gasteiger partial charge in [0.1, 0.15) is 5.54 Å². The lowest BCUT2D eigenvalue weighted by molar-refractivity contribution is -0.150. The van der Waals surface area contributed by atoms with Crippen molar-refractivity contribution in [2.45, 2.75) is 37.6 Å². The second-order valence-corrected chi connectivity index (χ2v) is 5.98. The van der Waals surface area contributed by atoms with E-state index < -0.39 is 5.54 Å². The molecule has 2 rings (SSSR count). The number of hydrogen-bond acceptors (Lipinski definition) is 4. The second-order valence-electron chi connectivity index (χ2n) is 5.98. The van der Waals surface area contributed by atoms with Crippen molar-refractivity contribution in [3.63, 3.8) is 0 Å². The molecule has 0 heterocycles. The van der Waals surface area contributed by atoms with Crippen molar-refractivity contribution >= 4 is 5.97 Å². The number of nitrogens with zero attached hydrogens (tertiary/aromatic N) is 1. The predicted octanol–water partition coefficient (Wildman–Crippen LogP) is 1.26. The molecule has 2 aliphatic carbocycles. The van der Waals surface area contributed by atoms with Crippen molar-refractivity contribution < 1.29 is 9.53 Å². The van der Waals surface area contributed by atoms with Crippen molar-refractivity contribution in [2.75, 3.05) is 34.3 Å². The largest absolute Gasteiger partial charge is 0.468 e. The molecule has 1 unspecified atom stereocenters. The van der Waals surface area contributed by atoms with E-state index in [0.29, 0.717) is 5.92 Å². The average Bonchev–Trinajstić information content (AvgIpc) is 3.14. The number of likely N-dealkylation sites (N-methyl/N-ethyl adjacent to an activating group) is 2. The summed E-state index contributed by atoms with van der Waals surface area (Å²) in [6, 6.07) is 0. The monoisotopic (exact) mass is 254 g/mol. The van der Waals surface area contributed by atoms with Crippen LogP contribution >= 0.6 is 0 Å². The van der Waals surface area contributed by atoms with Crippen molar-refractivity contribution in [3.8, 4) is 0 Å². The van der Waals surface area contributed by atoms with Gasteiger partial charge in [-0.25, -0.2) is 4.79 Å². The third-order valence-electron chi connectivity index (χ3n) is 4.58. The van der Waals surface area contributed by atoms with Gasteiger partial charge >= 0.3 is 5.97 Å². The standard InChI is InChI=1S/C14H26N2O2/c1-15-14(12-7-8-12,13(17)18-3)10-16(2)9-11-5-4-6-11/h11-12,15H,4-10H2,1-3H3. The van der Waals surface area contributed by atoms with Crippen LogP contribution in [0.5, 0.6) is 0 Å². The Hall–Kier alpha value is -0.610. The fourth-order valence-corrected chi connectivity index (χ4v) is 3.11. The Morgan fingerprint density at radius 1 is 1.39 bits per heavy atom. The van der Waals surface area contributed by atoms with Gasteiger partial charge in [0.05, 0.1) is 7.11 Å². The highest BCUT2D eigenvalue weighted by atomic mass is 16.5. The number of hydrogen-bond donors (Lipinski definition) is 1. The zero-order valence-corrected chi connectivity index (χ0v) is 11.9. The first-order valence-electron chi connectivity index (χ1n) is 7.08. The first-order valence-corrected chi connectivity index (χ1v) is 7.08. The molecule has 0 aromatic heterocycles. The van der Waals surface area contributed by atoms with Crippen LogP contribution in [0.25, 0.3) is 0 Å². The number of nitrogens with one attached hydrogen (secondary N) is 1. The van der Waals surface area contributed by atoms with Crippen molar-refractivity contribution in [1.82, 2.24) is 10.2 Å². The first kappa shape index (κ1) is 13.8. The van der Waals surface area contributed by atoms with Crippen LogP contribution in [0.1, 0.15) is 32.1 Å². The number of ether oxygens (including phenoxy) is 1. The number of carbonyl (C=O) groups is 1. The molecular weight excluding hydrogens is 228 g/mol. The molecule has 0 spiro atoms. The summed E-state index contributed by atoms with van der Waals surface area (Å²) in [5.74, 6) is 1.17. The van der Waals surface area contributed by atoms with E-state index in [1.807, 2.05) is 7.05 Å². The third-order valence-corrected chi connectivity index (χ3v) is 4.58. The molecule has 2 saturated carbocycles. The topological polar surface area (TPSA) is 41.6 Å². The molecule has 0 radical (unpaired) electrons. The minimum atomic E-state index is -0.493. The van der Waals surface area contributed by atoms with E-state index in [1.165, 1.54) is 26.4 Å². The average molecular weight is 254 g/mol. The van der Waals surface area contributed by atoms with E-state index in [0.717, 1.165) is 31.8 Å². The summed E-state index contributed by atoms with van der Waals surface area (Å²) in [7, 11) is 5.49. The molecular formula is C14H26N2O2. The van der Waals surface area contributed by atoms with Crippen LogP contribution in [-0.4, -0.2) is 50.7 Å². The van der Waals surface area contributed by atoms with E-state index in [9.17, 15) is 4.79 Å². The molecule has 0 amide bonds. The molecule has 2 fully saturated rings. The maximum absolute atomic E-state index is 12.1. The lowest BCUT2D eigenvalue weighted by atomic mass is 9.84. The van der Waals surface area contributed by atoms with Gasteiger partial charge in [-0.05, 0) is 51.6 Å². The van der Waals surface area contributed by atoms with Gasteiger partial charge < -0.3 is 15.0 Å². The highest BCUT2D eigenvalue weighted by Crippen LogP contribution is 2.41. The molecule has 18 heavy (non-hydrogen) atoms. The van der Waals surface area contributed by atoms with Crippen LogP contribution in [0, 0.1) is 11.8 Å². The Morgan fingerprint density at radius 3 is 2.44 bits per heavy atom. The fraction of sp³-hybridized carbons (Fsp3) is 0.929. The van der Waals surface area contributed by atoms with E-state index in [-0.39, 0.29) is 5.97 Å². The number of esters is 1. The van der Waals surface area contributed by atoms with Gasteiger partial charge in [-0.15, -0.1) is 0 Å². The molecule has 104 valence electrons. The molecule has 0 aromatic rings. The Kier molecular flexibility index (Phi) is 4.28. The molecule has 1 atom stereocenters. The highest BCUT2D eigenvalue weighted by Gasteiger charge is 2.51. The normalized spacial score (nSPS) is 23.6. The summed E-state index contributed by atoms with van der Waals surface area (Å²) in [6.45, 7) is 1.87. The van der Waals surface area contributed by atoms with Gasteiger partial charge in [0.2, 0.25) is 0 Å². The Labute approximate surface area is 110 Å². The number of rotatable bonds is 7. The molecule has 0 aromatic carbocycles. The van der Waals surface area contributed by atoms with E-state index in [2.05, 4.69) is 17.3 Å². The van der Waals surface area contributed by atoms with Gasteiger partial charge in [0.15, 0.2) is 0 Å². The maximum Gasteiger partial charge on any atom is 0.327 e. The summed E-state index contributed by atoms with van der Waals surface area (Å²) < 4.78 is 5.03. The second kappa shape index (κ2) is 5.57. The number of methoxy groups -OCH3 is 1. The maximum atomic E-state index is 12.1. The summed E-state index contributed by atoms with van der Waals surface area (Å²) in [6.07, 6.45) is 6.33. The van der Waals surface area contributed by atoms with Crippen LogP contribution < -0.4 is 5.32 Å². The first-order chi connectivity index (χ1) is 8.62. The van der Waals surface area contributed by atoms with Crippen LogP contribution in [0.4, 0.5) is 0 Å². The Balaban J connectivity index is 1.96. The molecule has 4 heteroatoms. The predicted molar refractivity (Wildman–Crippen MR) is 71.4 cm³/mol. The zero-order valence-electron chi connectivity index (χ0n) is 11.9. The summed E-state index contributed by atoms with van der Waals surface area (Å²) in [5.41, 5.74) is -0.493. The molecule has 0 bridgehead atoms. The van der Waals surface area contributed by atoms with Crippen LogP contribution in [0.3, 0.4) is 0 Å². The highest BCUT2D eigenvalue weighted by molar-refractivity contribution is 5.82. The van der Waals surface area contributed by atoms with Gasteiger partial charge in [0, 0.05) is 13.1 Å². The summed E-state index contributed by atoms with van der Waals surface area (Å²) in [5, 5.41) is 3.25. The van der Waals surface area contributed by atoms with Crippen LogP contribution in [-0.2, 0) is 9.53 Å². The lowest BCUT2D eigenvalue weighted by Crippen LogP contribution is -2.60. The summed E-state index contributed by atoms with van der Waals surface area (Å²) in [4.78, 5) is 14.4. The van der Waals surface area contributed by atoms with Gasteiger partial charge in [-0.3, -0.25) is 0 Å². The molecule has 2 aliphatic rings. The van der Waals surface area contributed by atoms with E-state index in [1.54, 1.807) is 0 Å². The van der Waals surface area contributed by atoms with Crippen molar-refractivity contribution in [1.29, 1.82) is 0 Å². The zero-order chi connectivity index (χ0) is 13.2. The van der Waals surface area contributed by atoms with Crippen LogP contribution in [0.2, 0.25) is 0 Å². The molecule has 1 N–H and O–H groups in total. The van der Waals surface area contributed by atoms with E-state index in [4.69, 9.17) is 4.74 Å². The molecule has 0 saturated heterocycles. The lowest BCUT2D eigenvalue weighted by Gasteiger charge is -2.37. The minimum absolute atomic E-state index is 0.104. The molecule has 4 nitrogen and oxygen atoms in total. The van der Waals surface area contributed by atoms with Crippen molar-refractivity contribution in [3.05, 3.63) is 0 Å². The smallest absolute Gasteiger partial charge is 0.327 e. The van der Waals surface area contributed by atoms with Gasteiger partial charge in [-0.2, -0.15) is 0 Å². The quantitative estimate of drug-likeness (QED) is 0.695. The summed E-state index contributed by atoms with van der Waals surface area (Å²) >= 11 is 0. The Bertz CT molecular complexity index is 300.